The molecule has 2 heterocycles. The maximum Gasteiger partial charge on any atom is 0.318 e. The van der Waals surface area contributed by atoms with Crippen molar-refractivity contribution in [2.75, 3.05) is 6.54 Å². The molecule has 2 amide bonds. The zero-order valence-electron chi connectivity index (χ0n) is 14.7. The standard InChI is InChI=1S/C20H21N5O/c1-15(16-6-8-19(9-7-16)25-14-21-13-22-25)23-20(26)24-11-10-17-4-2-3-5-18(17)12-24/h2-9,13-15H,10-12H2,1H3,(H,23,26). The molecular weight excluding hydrogens is 326 g/mol. The number of rotatable bonds is 3. The number of carbonyl (C=O) groups is 1. The summed E-state index contributed by atoms with van der Waals surface area (Å²) in [6.07, 6.45) is 4.08. The SMILES string of the molecule is CC(NC(=O)N1CCc2ccccc2C1)c1ccc(-n2cncn2)cc1. The highest BCUT2D eigenvalue weighted by Crippen LogP contribution is 2.20. The van der Waals surface area contributed by atoms with E-state index in [1.165, 1.54) is 17.5 Å². The number of amides is 2. The first-order chi connectivity index (χ1) is 12.7. The number of fused-ring (bicyclic) bond motifs is 1. The van der Waals surface area contributed by atoms with Gasteiger partial charge >= 0.3 is 6.03 Å². The molecule has 1 unspecified atom stereocenters. The monoisotopic (exact) mass is 347 g/mol. The summed E-state index contributed by atoms with van der Waals surface area (Å²) in [4.78, 5) is 18.5. The number of aromatic nitrogens is 3. The van der Waals surface area contributed by atoms with Crippen LogP contribution in [0.1, 0.15) is 29.7 Å². The van der Waals surface area contributed by atoms with Crippen LogP contribution in [0.2, 0.25) is 0 Å². The molecule has 2 aromatic carbocycles. The first-order valence-corrected chi connectivity index (χ1v) is 8.78. The summed E-state index contributed by atoms with van der Waals surface area (Å²) >= 11 is 0. The molecule has 1 aliphatic heterocycles. The Balaban J connectivity index is 1.40. The van der Waals surface area contributed by atoms with E-state index in [4.69, 9.17) is 0 Å². The minimum absolute atomic E-state index is 0.0210. The van der Waals surface area contributed by atoms with Gasteiger partial charge in [-0.1, -0.05) is 36.4 Å². The molecule has 0 aliphatic carbocycles. The van der Waals surface area contributed by atoms with Crippen LogP contribution in [0.25, 0.3) is 5.69 Å². The zero-order chi connectivity index (χ0) is 17.9. The van der Waals surface area contributed by atoms with Crippen molar-refractivity contribution in [1.82, 2.24) is 25.0 Å². The fourth-order valence-corrected chi connectivity index (χ4v) is 3.29. The van der Waals surface area contributed by atoms with Gasteiger partial charge in [0, 0.05) is 13.1 Å². The van der Waals surface area contributed by atoms with E-state index >= 15 is 0 Å². The lowest BCUT2D eigenvalue weighted by atomic mass is 10.0. The third-order valence-corrected chi connectivity index (χ3v) is 4.83. The first kappa shape index (κ1) is 16.3. The second-order valence-corrected chi connectivity index (χ2v) is 6.54. The predicted molar refractivity (Wildman–Crippen MR) is 98.9 cm³/mol. The molecule has 6 heteroatoms. The molecule has 1 aromatic heterocycles. The van der Waals surface area contributed by atoms with Crippen molar-refractivity contribution in [1.29, 1.82) is 0 Å². The zero-order valence-corrected chi connectivity index (χ0v) is 14.7. The summed E-state index contributed by atoms with van der Waals surface area (Å²) in [6.45, 7) is 3.42. The number of benzene rings is 2. The van der Waals surface area contributed by atoms with Crippen molar-refractivity contribution in [3.8, 4) is 5.69 Å². The molecule has 0 radical (unpaired) electrons. The van der Waals surface area contributed by atoms with Crippen molar-refractivity contribution in [2.45, 2.75) is 25.9 Å². The van der Waals surface area contributed by atoms with Crippen molar-refractivity contribution < 1.29 is 4.79 Å². The van der Waals surface area contributed by atoms with Crippen LogP contribution in [0, 0.1) is 0 Å². The van der Waals surface area contributed by atoms with E-state index in [0.29, 0.717) is 6.54 Å². The van der Waals surface area contributed by atoms with Crippen LogP contribution >= 0.6 is 0 Å². The summed E-state index contributed by atoms with van der Waals surface area (Å²) in [5, 5.41) is 7.22. The van der Waals surface area contributed by atoms with Gasteiger partial charge in [-0.3, -0.25) is 0 Å². The maximum atomic E-state index is 12.6. The molecule has 3 aromatic rings. The minimum atomic E-state index is -0.0653. The fraction of sp³-hybridized carbons (Fsp3) is 0.250. The molecule has 6 nitrogen and oxygen atoms in total. The summed E-state index contributed by atoms with van der Waals surface area (Å²) in [6, 6.07) is 16.2. The van der Waals surface area contributed by atoms with E-state index < -0.39 is 0 Å². The van der Waals surface area contributed by atoms with E-state index in [2.05, 4.69) is 33.6 Å². The van der Waals surface area contributed by atoms with Gasteiger partial charge in [0.15, 0.2) is 0 Å². The molecule has 26 heavy (non-hydrogen) atoms. The Labute approximate surface area is 152 Å². The molecule has 0 saturated heterocycles. The summed E-state index contributed by atoms with van der Waals surface area (Å²) < 4.78 is 1.71. The quantitative estimate of drug-likeness (QED) is 0.792. The van der Waals surface area contributed by atoms with Crippen LogP contribution in [-0.4, -0.2) is 32.2 Å². The average molecular weight is 347 g/mol. The van der Waals surface area contributed by atoms with Crippen LogP contribution in [0.3, 0.4) is 0 Å². The summed E-state index contributed by atoms with van der Waals surface area (Å²) in [7, 11) is 0. The number of nitrogens with zero attached hydrogens (tertiary/aromatic N) is 4. The minimum Gasteiger partial charge on any atom is -0.331 e. The molecular formula is C20H21N5O. The van der Waals surface area contributed by atoms with E-state index in [-0.39, 0.29) is 12.1 Å². The van der Waals surface area contributed by atoms with Crippen molar-refractivity contribution in [2.24, 2.45) is 0 Å². The Morgan fingerprint density at radius 2 is 1.88 bits per heavy atom. The molecule has 132 valence electrons. The summed E-state index contributed by atoms with van der Waals surface area (Å²) in [5.41, 5.74) is 4.57. The molecule has 0 bridgehead atoms. The van der Waals surface area contributed by atoms with Gasteiger partial charge in [0.05, 0.1) is 11.7 Å². The third-order valence-electron chi connectivity index (χ3n) is 4.83. The van der Waals surface area contributed by atoms with Crippen LogP contribution in [0.15, 0.2) is 61.2 Å². The maximum absolute atomic E-state index is 12.6. The van der Waals surface area contributed by atoms with E-state index in [1.54, 1.807) is 11.0 Å². The smallest absolute Gasteiger partial charge is 0.318 e. The molecule has 4 rings (SSSR count). The lowest BCUT2D eigenvalue weighted by molar-refractivity contribution is 0.189. The molecule has 1 atom stereocenters. The van der Waals surface area contributed by atoms with Crippen LogP contribution in [0.5, 0.6) is 0 Å². The number of urea groups is 1. The van der Waals surface area contributed by atoms with Crippen LogP contribution < -0.4 is 5.32 Å². The predicted octanol–water partition coefficient (Wildman–Crippen LogP) is 3.10. The van der Waals surface area contributed by atoms with Crippen molar-refractivity contribution in [3.63, 3.8) is 0 Å². The van der Waals surface area contributed by atoms with Crippen molar-refractivity contribution >= 4 is 6.03 Å². The van der Waals surface area contributed by atoms with Gasteiger partial charge in [0.1, 0.15) is 12.7 Å². The first-order valence-electron chi connectivity index (χ1n) is 8.78. The van der Waals surface area contributed by atoms with Gasteiger partial charge < -0.3 is 10.2 Å². The lowest BCUT2D eigenvalue weighted by Crippen LogP contribution is -2.43. The highest BCUT2D eigenvalue weighted by Gasteiger charge is 2.21. The van der Waals surface area contributed by atoms with E-state index in [0.717, 1.165) is 24.2 Å². The van der Waals surface area contributed by atoms with Gasteiger partial charge in [0.2, 0.25) is 0 Å². The van der Waals surface area contributed by atoms with E-state index in [9.17, 15) is 4.79 Å². The van der Waals surface area contributed by atoms with E-state index in [1.807, 2.05) is 42.2 Å². The molecule has 0 fully saturated rings. The second-order valence-electron chi connectivity index (χ2n) is 6.54. The third kappa shape index (κ3) is 3.31. The Morgan fingerprint density at radius 1 is 1.12 bits per heavy atom. The Morgan fingerprint density at radius 3 is 2.62 bits per heavy atom. The number of nitrogens with one attached hydrogen (secondary N) is 1. The van der Waals surface area contributed by atoms with Gasteiger partial charge in [0.25, 0.3) is 0 Å². The molecule has 1 aliphatic rings. The van der Waals surface area contributed by atoms with Crippen molar-refractivity contribution in [3.05, 3.63) is 77.9 Å². The molecule has 1 N–H and O–H groups in total. The highest BCUT2D eigenvalue weighted by molar-refractivity contribution is 5.75. The fourth-order valence-electron chi connectivity index (χ4n) is 3.29. The normalized spacial score (nSPS) is 14.6. The summed E-state index contributed by atoms with van der Waals surface area (Å²) in [5.74, 6) is 0. The highest BCUT2D eigenvalue weighted by atomic mass is 16.2. The van der Waals surface area contributed by atoms with Gasteiger partial charge in [-0.25, -0.2) is 14.5 Å². The average Bonchev–Trinajstić information content (AvgIpc) is 3.22. The van der Waals surface area contributed by atoms with Gasteiger partial charge in [-0.2, -0.15) is 5.10 Å². The number of hydrogen-bond acceptors (Lipinski definition) is 3. The number of carbonyl (C=O) groups excluding carboxylic acids is 1. The topological polar surface area (TPSA) is 63.1 Å². The lowest BCUT2D eigenvalue weighted by Gasteiger charge is -2.30. The van der Waals surface area contributed by atoms with Crippen LogP contribution in [-0.2, 0) is 13.0 Å². The van der Waals surface area contributed by atoms with Crippen LogP contribution in [0.4, 0.5) is 4.79 Å². The Kier molecular flexibility index (Phi) is 4.39. The molecule has 0 saturated carbocycles. The van der Waals surface area contributed by atoms with Gasteiger partial charge in [-0.05, 0) is 42.2 Å². The Bertz CT molecular complexity index is 889. The van der Waals surface area contributed by atoms with Gasteiger partial charge in [-0.15, -0.1) is 0 Å². The number of hydrogen-bond donors (Lipinski definition) is 1. The second kappa shape index (κ2) is 7.00. The Hall–Kier alpha value is -3.15. The molecule has 0 spiro atoms. The largest absolute Gasteiger partial charge is 0.331 e.